The highest BCUT2D eigenvalue weighted by atomic mass is 16.5. The second-order valence-electron chi connectivity index (χ2n) is 3.61. The second-order valence-corrected chi connectivity index (χ2v) is 3.61. The molecule has 1 aromatic heterocycles. The molecule has 0 aliphatic carbocycles. The molecular weight excluding hydrogens is 182 g/mol. The Balaban J connectivity index is 2.34. The summed E-state index contributed by atoms with van der Waals surface area (Å²) in [5.41, 5.74) is 0. The summed E-state index contributed by atoms with van der Waals surface area (Å²) in [6.07, 6.45) is 0.160. The summed E-state index contributed by atoms with van der Waals surface area (Å²) in [7, 11) is 0. The molecule has 0 aliphatic heterocycles. The van der Waals surface area contributed by atoms with Gasteiger partial charge in [-0.3, -0.25) is 4.79 Å². The van der Waals surface area contributed by atoms with Crippen LogP contribution in [0.2, 0.25) is 0 Å². The van der Waals surface area contributed by atoms with E-state index in [4.69, 9.17) is 4.52 Å². The molecule has 1 rings (SSSR count). The fourth-order valence-electron chi connectivity index (χ4n) is 0.930. The molecule has 78 valence electrons. The Kier molecular flexibility index (Phi) is 3.62. The van der Waals surface area contributed by atoms with E-state index < -0.39 is 0 Å². The third-order valence-electron chi connectivity index (χ3n) is 1.59. The predicted molar refractivity (Wildman–Crippen MR) is 50.6 cm³/mol. The van der Waals surface area contributed by atoms with E-state index in [-0.39, 0.29) is 12.3 Å². The van der Waals surface area contributed by atoms with Gasteiger partial charge in [-0.05, 0) is 12.8 Å². The van der Waals surface area contributed by atoms with Crippen molar-refractivity contribution in [1.82, 2.24) is 15.5 Å². The number of aryl methyl sites for hydroxylation is 1. The van der Waals surface area contributed by atoms with Crippen molar-refractivity contribution < 1.29 is 9.32 Å². The molecule has 5 nitrogen and oxygen atoms in total. The van der Waals surface area contributed by atoms with Gasteiger partial charge in [-0.2, -0.15) is 4.98 Å². The summed E-state index contributed by atoms with van der Waals surface area (Å²) in [4.78, 5) is 15.2. The van der Waals surface area contributed by atoms with Gasteiger partial charge in [0.05, 0.1) is 0 Å². The third-order valence-corrected chi connectivity index (χ3v) is 1.59. The monoisotopic (exact) mass is 197 g/mol. The first-order valence-corrected chi connectivity index (χ1v) is 4.64. The van der Waals surface area contributed by atoms with Gasteiger partial charge in [0.2, 0.25) is 11.8 Å². The summed E-state index contributed by atoms with van der Waals surface area (Å²) >= 11 is 0. The van der Waals surface area contributed by atoms with Gasteiger partial charge in [0.25, 0.3) is 0 Å². The maximum atomic E-state index is 11.3. The molecule has 1 heterocycles. The number of amides is 1. The van der Waals surface area contributed by atoms with Crippen LogP contribution in [0.4, 0.5) is 0 Å². The zero-order chi connectivity index (χ0) is 10.6. The van der Waals surface area contributed by atoms with E-state index in [1.54, 1.807) is 6.92 Å². The van der Waals surface area contributed by atoms with E-state index in [2.05, 4.69) is 15.5 Å². The minimum Gasteiger partial charge on any atom is -0.355 e. The largest absolute Gasteiger partial charge is 0.355 e. The summed E-state index contributed by atoms with van der Waals surface area (Å²) in [5.74, 6) is 1.28. The van der Waals surface area contributed by atoms with Crippen molar-refractivity contribution in [2.24, 2.45) is 5.92 Å². The van der Waals surface area contributed by atoms with Crippen LogP contribution in [-0.2, 0) is 11.2 Å². The van der Waals surface area contributed by atoms with Gasteiger partial charge in [-0.1, -0.05) is 19.0 Å². The van der Waals surface area contributed by atoms with Gasteiger partial charge in [-0.15, -0.1) is 0 Å². The topological polar surface area (TPSA) is 68.0 Å². The number of carbonyl (C=O) groups excluding carboxylic acids is 1. The number of nitrogens with one attached hydrogen (secondary N) is 1. The van der Waals surface area contributed by atoms with Crippen molar-refractivity contribution in [1.29, 1.82) is 0 Å². The summed E-state index contributed by atoms with van der Waals surface area (Å²) in [5, 5.41) is 6.37. The molecule has 1 amide bonds. The number of aromatic nitrogens is 2. The number of nitrogens with zero attached hydrogens (tertiary/aromatic N) is 2. The lowest BCUT2D eigenvalue weighted by molar-refractivity contribution is -0.120. The van der Waals surface area contributed by atoms with E-state index >= 15 is 0 Å². The summed E-state index contributed by atoms with van der Waals surface area (Å²) in [6.45, 7) is 6.47. The standard InChI is InChI=1S/C9H15N3O2/c1-6(2)5-10-8(13)4-9-11-7(3)12-14-9/h6H,4-5H2,1-3H3,(H,10,13). The number of carbonyl (C=O) groups is 1. The highest BCUT2D eigenvalue weighted by molar-refractivity contribution is 5.77. The number of rotatable bonds is 4. The van der Waals surface area contributed by atoms with Gasteiger partial charge < -0.3 is 9.84 Å². The molecule has 14 heavy (non-hydrogen) atoms. The molecule has 0 saturated carbocycles. The lowest BCUT2D eigenvalue weighted by atomic mass is 10.2. The zero-order valence-corrected chi connectivity index (χ0v) is 8.70. The van der Waals surface area contributed by atoms with Gasteiger partial charge >= 0.3 is 0 Å². The molecule has 0 unspecified atom stereocenters. The molecule has 0 saturated heterocycles. The first kappa shape index (κ1) is 10.7. The molecule has 0 fully saturated rings. The summed E-state index contributed by atoms with van der Waals surface area (Å²) < 4.78 is 4.82. The Morgan fingerprint density at radius 3 is 2.79 bits per heavy atom. The molecule has 0 bridgehead atoms. The van der Waals surface area contributed by atoms with E-state index in [9.17, 15) is 4.79 Å². The van der Waals surface area contributed by atoms with Crippen molar-refractivity contribution >= 4 is 5.91 Å². The lowest BCUT2D eigenvalue weighted by Crippen LogP contribution is -2.28. The van der Waals surface area contributed by atoms with Crippen molar-refractivity contribution in [3.8, 4) is 0 Å². The molecule has 0 atom stereocenters. The van der Waals surface area contributed by atoms with Crippen LogP contribution in [-0.4, -0.2) is 22.6 Å². The predicted octanol–water partition coefficient (Wildman–Crippen LogP) is 0.693. The Bertz CT molecular complexity index is 307. The van der Waals surface area contributed by atoms with E-state index in [0.717, 1.165) is 0 Å². The van der Waals surface area contributed by atoms with Crippen LogP contribution < -0.4 is 5.32 Å². The first-order chi connectivity index (χ1) is 6.58. The Morgan fingerprint density at radius 1 is 1.57 bits per heavy atom. The SMILES string of the molecule is Cc1noc(CC(=O)NCC(C)C)n1. The van der Waals surface area contributed by atoms with E-state index in [0.29, 0.717) is 24.2 Å². The molecule has 0 radical (unpaired) electrons. The van der Waals surface area contributed by atoms with Gasteiger partial charge in [0, 0.05) is 6.54 Å². The van der Waals surface area contributed by atoms with Crippen molar-refractivity contribution in [2.45, 2.75) is 27.2 Å². The summed E-state index contributed by atoms with van der Waals surface area (Å²) in [6, 6.07) is 0. The average Bonchev–Trinajstić information content (AvgIpc) is 2.48. The smallest absolute Gasteiger partial charge is 0.236 e. The minimum atomic E-state index is -0.0812. The first-order valence-electron chi connectivity index (χ1n) is 4.64. The molecule has 0 aliphatic rings. The molecule has 0 aromatic carbocycles. The average molecular weight is 197 g/mol. The number of hydrogen-bond acceptors (Lipinski definition) is 4. The quantitative estimate of drug-likeness (QED) is 0.771. The maximum absolute atomic E-state index is 11.3. The third kappa shape index (κ3) is 3.55. The van der Waals surface area contributed by atoms with Crippen LogP contribution in [0.5, 0.6) is 0 Å². The maximum Gasteiger partial charge on any atom is 0.236 e. The van der Waals surface area contributed by atoms with Crippen LogP contribution in [0.15, 0.2) is 4.52 Å². The van der Waals surface area contributed by atoms with Crippen molar-refractivity contribution in [3.05, 3.63) is 11.7 Å². The Morgan fingerprint density at radius 2 is 2.29 bits per heavy atom. The van der Waals surface area contributed by atoms with Crippen LogP contribution in [0.3, 0.4) is 0 Å². The fraction of sp³-hybridized carbons (Fsp3) is 0.667. The van der Waals surface area contributed by atoms with Crippen molar-refractivity contribution in [3.63, 3.8) is 0 Å². The zero-order valence-electron chi connectivity index (χ0n) is 8.70. The van der Waals surface area contributed by atoms with Crippen LogP contribution in [0.25, 0.3) is 0 Å². The van der Waals surface area contributed by atoms with Gasteiger partial charge in [-0.25, -0.2) is 0 Å². The Hall–Kier alpha value is -1.39. The normalized spacial score (nSPS) is 10.6. The van der Waals surface area contributed by atoms with Gasteiger partial charge in [0.15, 0.2) is 5.82 Å². The molecule has 1 aromatic rings. The lowest BCUT2D eigenvalue weighted by Gasteiger charge is -2.05. The van der Waals surface area contributed by atoms with Crippen molar-refractivity contribution in [2.75, 3.05) is 6.54 Å². The van der Waals surface area contributed by atoms with E-state index in [1.165, 1.54) is 0 Å². The molecule has 5 heteroatoms. The Labute approximate surface area is 82.9 Å². The van der Waals surface area contributed by atoms with Gasteiger partial charge in [0.1, 0.15) is 6.42 Å². The van der Waals surface area contributed by atoms with Crippen LogP contribution in [0.1, 0.15) is 25.6 Å². The minimum absolute atomic E-state index is 0.0812. The number of hydrogen-bond donors (Lipinski definition) is 1. The molecule has 0 spiro atoms. The second kappa shape index (κ2) is 4.74. The highest BCUT2D eigenvalue weighted by Crippen LogP contribution is 1.97. The van der Waals surface area contributed by atoms with Crippen LogP contribution >= 0.6 is 0 Å². The highest BCUT2D eigenvalue weighted by Gasteiger charge is 2.09. The molecular formula is C9H15N3O2. The van der Waals surface area contributed by atoms with Crippen LogP contribution in [0, 0.1) is 12.8 Å². The van der Waals surface area contributed by atoms with E-state index in [1.807, 2.05) is 13.8 Å². The fourth-order valence-corrected chi connectivity index (χ4v) is 0.930. The molecule has 1 N–H and O–H groups in total.